The van der Waals surface area contributed by atoms with Gasteiger partial charge in [0.25, 0.3) is 5.91 Å². The van der Waals surface area contributed by atoms with Crippen molar-refractivity contribution >= 4 is 5.91 Å². The van der Waals surface area contributed by atoms with E-state index in [1.54, 1.807) is 7.11 Å². The number of ether oxygens (including phenoxy) is 1. The number of aryl methyl sites for hydroxylation is 2. The fourth-order valence-corrected chi connectivity index (χ4v) is 3.09. The van der Waals surface area contributed by atoms with Gasteiger partial charge >= 0.3 is 0 Å². The number of methoxy groups -OCH3 is 1. The second kappa shape index (κ2) is 7.80. The van der Waals surface area contributed by atoms with Gasteiger partial charge in [0.05, 0.1) is 18.8 Å². The number of hydrogen-bond acceptors (Lipinski definition) is 5. The Labute approximate surface area is 148 Å². The second-order valence-corrected chi connectivity index (χ2v) is 6.41. The Kier molecular flexibility index (Phi) is 5.50. The highest BCUT2D eigenvalue weighted by molar-refractivity contribution is 5.95. The van der Waals surface area contributed by atoms with E-state index in [1.165, 1.54) is 0 Å². The standard InChI is InChI=1S/C19H25N3O3/c1-14-15(2)25-18(20-14)12-21-8-10-22(11-9-21)19(23)17-7-5-4-6-16(17)13-24-3/h4-7H,8-13H2,1-3H3. The Hall–Kier alpha value is -2.18. The first-order valence-corrected chi connectivity index (χ1v) is 8.60. The molecule has 0 radical (unpaired) electrons. The number of rotatable bonds is 5. The van der Waals surface area contributed by atoms with Crippen LogP contribution in [0.3, 0.4) is 0 Å². The van der Waals surface area contributed by atoms with Crippen LogP contribution in [0.15, 0.2) is 28.7 Å². The molecule has 0 saturated carbocycles. The van der Waals surface area contributed by atoms with Crippen LogP contribution in [-0.2, 0) is 17.9 Å². The molecule has 1 aromatic heterocycles. The average Bonchev–Trinajstić information content (AvgIpc) is 2.93. The van der Waals surface area contributed by atoms with E-state index in [0.29, 0.717) is 26.2 Å². The molecule has 0 spiro atoms. The molecule has 3 rings (SSSR count). The first-order chi connectivity index (χ1) is 12.1. The molecule has 0 aliphatic carbocycles. The van der Waals surface area contributed by atoms with Gasteiger partial charge in [-0.25, -0.2) is 4.98 Å². The number of carbonyl (C=O) groups excluding carboxylic acids is 1. The summed E-state index contributed by atoms with van der Waals surface area (Å²) in [6.45, 7) is 8.08. The van der Waals surface area contributed by atoms with E-state index in [0.717, 1.165) is 41.6 Å². The number of oxazole rings is 1. The Morgan fingerprint density at radius 3 is 2.56 bits per heavy atom. The summed E-state index contributed by atoms with van der Waals surface area (Å²) >= 11 is 0. The van der Waals surface area contributed by atoms with E-state index >= 15 is 0 Å². The summed E-state index contributed by atoms with van der Waals surface area (Å²) in [4.78, 5) is 21.5. The van der Waals surface area contributed by atoms with Crippen LogP contribution in [0.25, 0.3) is 0 Å². The Bertz CT molecular complexity index is 714. The maximum absolute atomic E-state index is 12.8. The fraction of sp³-hybridized carbons (Fsp3) is 0.474. The normalized spacial score (nSPS) is 15.6. The van der Waals surface area contributed by atoms with Crippen LogP contribution in [0.5, 0.6) is 0 Å². The van der Waals surface area contributed by atoms with Gasteiger partial charge in [-0.3, -0.25) is 9.69 Å². The van der Waals surface area contributed by atoms with E-state index in [2.05, 4.69) is 9.88 Å². The Balaban J connectivity index is 1.59. The summed E-state index contributed by atoms with van der Waals surface area (Å²) in [6, 6.07) is 7.65. The zero-order valence-corrected chi connectivity index (χ0v) is 15.1. The molecular weight excluding hydrogens is 318 g/mol. The van der Waals surface area contributed by atoms with E-state index in [9.17, 15) is 4.79 Å². The van der Waals surface area contributed by atoms with E-state index in [-0.39, 0.29) is 5.91 Å². The number of amides is 1. The van der Waals surface area contributed by atoms with Crippen LogP contribution < -0.4 is 0 Å². The fourth-order valence-electron chi connectivity index (χ4n) is 3.09. The molecule has 2 aromatic rings. The van der Waals surface area contributed by atoms with Crippen LogP contribution in [0, 0.1) is 13.8 Å². The minimum atomic E-state index is 0.0788. The van der Waals surface area contributed by atoms with Crippen LogP contribution in [0.4, 0.5) is 0 Å². The molecule has 25 heavy (non-hydrogen) atoms. The molecule has 0 unspecified atom stereocenters. The molecule has 2 heterocycles. The molecule has 6 nitrogen and oxygen atoms in total. The lowest BCUT2D eigenvalue weighted by molar-refractivity contribution is 0.0613. The zero-order valence-electron chi connectivity index (χ0n) is 15.1. The van der Waals surface area contributed by atoms with Gasteiger partial charge in [0.2, 0.25) is 5.89 Å². The van der Waals surface area contributed by atoms with Gasteiger partial charge < -0.3 is 14.1 Å². The molecule has 0 atom stereocenters. The lowest BCUT2D eigenvalue weighted by Crippen LogP contribution is -2.48. The molecule has 134 valence electrons. The number of aromatic nitrogens is 1. The summed E-state index contributed by atoms with van der Waals surface area (Å²) in [5, 5.41) is 0. The monoisotopic (exact) mass is 343 g/mol. The molecule has 1 aliphatic rings. The molecule has 6 heteroatoms. The quantitative estimate of drug-likeness (QED) is 0.834. The number of hydrogen-bond donors (Lipinski definition) is 0. The van der Waals surface area contributed by atoms with Gasteiger partial charge in [-0.15, -0.1) is 0 Å². The van der Waals surface area contributed by atoms with Crippen LogP contribution in [0.1, 0.15) is 33.3 Å². The van der Waals surface area contributed by atoms with E-state index in [4.69, 9.17) is 9.15 Å². The van der Waals surface area contributed by atoms with Crippen molar-refractivity contribution in [2.75, 3.05) is 33.3 Å². The highest BCUT2D eigenvalue weighted by Crippen LogP contribution is 2.16. The molecule has 0 N–H and O–H groups in total. The van der Waals surface area contributed by atoms with Crippen molar-refractivity contribution in [1.29, 1.82) is 0 Å². The van der Waals surface area contributed by atoms with Crippen molar-refractivity contribution in [3.63, 3.8) is 0 Å². The van der Waals surface area contributed by atoms with Crippen LogP contribution in [-0.4, -0.2) is 54.0 Å². The highest BCUT2D eigenvalue weighted by atomic mass is 16.5. The molecular formula is C19H25N3O3. The average molecular weight is 343 g/mol. The minimum Gasteiger partial charge on any atom is -0.444 e. The predicted molar refractivity (Wildman–Crippen MR) is 94.3 cm³/mol. The highest BCUT2D eigenvalue weighted by Gasteiger charge is 2.24. The summed E-state index contributed by atoms with van der Waals surface area (Å²) < 4.78 is 10.9. The lowest BCUT2D eigenvalue weighted by Gasteiger charge is -2.34. The number of nitrogens with zero attached hydrogens (tertiary/aromatic N) is 3. The molecule has 1 fully saturated rings. The third-order valence-corrected chi connectivity index (χ3v) is 4.64. The summed E-state index contributed by atoms with van der Waals surface area (Å²) in [7, 11) is 1.64. The summed E-state index contributed by atoms with van der Waals surface area (Å²) in [5.74, 6) is 1.70. The third kappa shape index (κ3) is 4.08. The van der Waals surface area contributed by atoms with Crippen molar-refractivity contribution in [2.24, 2.45) is 0 Å². The SMILES string of the molecule is COCc1ccccc1C(=O)N1CCN(Cc2nc(C)c(C)o2)CC1. The first-order valence-electron chi connectivity index (χ1n) is 8.60. The van der Waals surface area contributed by atoms with E-state index < -0.39 is 0 Å². The van der Waals surface area contributed by atoms with Gasteiger partial charge in [-0.1, -0.05) is 18.2 Å². The van der Waals surface area contributed by atoms with Gasteiger partial charge in [0.15, 0.2) is 0 Å². The first kappa shape index (κ1) is 17.6. The molecule has 1 amide bonds. The molecule has 1 aliphatic heterocycles. The zero-order chi connectivity index (χ0) is 17.8. The number of carbonyl (C=O) groups is 1. The maximum Gasteiger partial charge on any atom is 0.254 e. The molecule has 1 aromatic carbocycles. The maximum atomic E-state index is 12.8. The number of benzene rings is 1. The third-order valence-electron chi connectivity index (χ3n) is 4.64. The largest absolute Gasteiger partial charge is 0.444 e. The number of piperazine rings is 1. The summed E-state index contributed by atoms with van der Waals surface area (Å²) in [6.07, 6.45) is 0. The van der Waals surface area contributed by atoms with Crippen molar-refractivity contribution in [3.8, 4) is 0 Å². The minimum absolute atomic E-state index is 0.0788. The van der Waals surface area contributed by atoms with E-state index in [1.807, 2.05) is 43.0 Å². The lowest BCUT2D eigenvalue weighted by atomic mass is 10.1. The van der Waals surface area contributed by atoms with Gasteiger partial charge in [0, 0.05) is 38.9 Å². The van der Waals surface area contributed by atoms with Crippen molar-refractivity contribution in [2.45, 2.75) is 27.0 Å². The smallest absolute Gasteiger partial charge is 0.254 e. The van der Waals surface area contributed by atoms with Crippen molar-refractivity contribution in [3.05, 3.63) is 52.7 Å². The predicted octanol–water partition coefficient (Wildman–Crippen LogP) is 2.40. The van der Waals surface area contributed by atoms with Gasteiger partial charge in [0.1, 0.15) is 5.76 Å². The van der Waals surface area contributed by atoms with Gasteiger partial charge in [-0.2, -0.15) is 0 Å². The topological polar surface area (TPSA) is 58.8 Å². The van der Waals surface area contributed by atoms with Crippen LogP contribution >= 0.6 is 0 Å². The van der Waals surface area contributed by atoms with Crippen molar-refractivity contribution < 1.29 is 13.9 Å². The second-order valence-electron chi connectivity index (χ2n) is 6.41. The Morgan fingerprint density at radius 1 is 1.20 bits per heavy atom. The molecule has 0 bridgehead atoms. The van der Waals surface area contributed by atoms with Crippen molar-refractivity contribution in [1.82, 2.24) is 14.8 Å². The van der Waals surface area contributed by atoms with Crippen LogP contribution in [0.2, 0.25) is 0 Å². The van der Waals surface area contributed by atoms with Gasteiger partial charge in [-0.05, 0) is 25.5 Å². The molecule has 1 saturated heterocycles. The summed E-state index contributed by atoms with van der Waals surface area (Å²) in [5.41, 5.74) is 2.61. The Morgan fingerprint density at radius 2 is 1.92 bits per heavy atom.